The van der Waals surface area contributed by atoms with Crippen molar-refractivity contribution in [2.45, 2.75) is 33.1 Å². The number of aromatic nitrogens is 4. The minimum absolute atomic E-state index is 0.0803. The molecular formula is C24H21N5O2. The molecule has 3 aromatic heterocycles. The normalized spacial score (nSPS) is 13.8. The van der Waals surface area contributed by atoms with Crippen LogP contribution in [0.2, 0.25) is 0 Å². The van der Waals surface area contributed by atoms with E-state index in [1.54, 1.807) is 13.1 Å². The van der Waals surface area contributed by atoms with E-state index < -0.39 is 0 Å². The molecule has 0 bridgehead atoms. The fourth-order valence-corrected chi connectivity index (χ4v) is 3.81. The maximum absolute atomic E-state index is 12.7. The van der Waals surface area contributed by atoms with Gasteiger partial charge in [-0.25, -0.2) is 4.99 Å². The molecule has 0 fully saturated rings. The number of carbonyl (C=O) groups excluding carboxylic acids is 1. The highest BCUT2D eigenvalue weighted by molar-refractivity contribution is 6.42. The van der Waals surface area contributed by atoms with E-state index in [9.17, 15) is 4.79 Å². The second-order valence-corrected chi connectivity index (χ2v) is 7.74. The third-order valence-corrected chi connectivity index (χ3v) is 5.39. The lowest BCUT2D eigenvalue weighted by Crippen LogP contribution is -2.13. The summed E-state index contributed by atoms with van der Waals surface area (Å²) >= 11 is 0. The number of aliphatic imine (C=N–C) groups is 1. The van der Waals surface area contributed by atoms with E-state index in [4.69, 9.17) is 9.52 Å². The number of H-pyrrole nitrogens is 1. The number of hydrogen-bond acceptors (Lipinski definition) is 6. The number of fused-ring (bicyclic) bond motifs is 1. The highest BCUT2D eigenvalue weighted by Gasteiger charge is 2.22. The Morgan fingerprint density at radius 2 is 2.06 bits per heavy atom. The number of nitrogens with one attached hydrogen (secondary N) is 1. The molecule has 1 aromatic carbocycles. The predicted octanol–water partition coefficient (Wildman–Crippen LogP) is 4.70. The maximum atomic E-state index is 12.7. The van der Waals surface area contributed by atoms with E-state index in [0.29, 0.717) is 36.7 Å². The standard InChI is InChI=1S/C24H21N5O2/c1-14-11-20(22(30)9-7-18-5-3-4-10-25-18)28-23(14)16-6-8-19-17(12-16)13-21(27-19)24-26-15(2)29-31-24/h3-6,8,10,12-13,27H,7,9,11H2,1-2H3. The van der Waals surface area contributed by atoms with Crippen LogP contribution in [0, 0.1) is 6.92 Å². The van der Waals surface area contributed by atoms with Gasteiger partial charge in [0, 0.05) is 41.2 Å². The van der Waals surface area contributed by atoms with Crippen molar-refractivity contribution >= 4 is 28.1 Å². The van der Waals surface area contributed by atoms with Crippen LogP contribution in [0.5, 0.6) is 0 Å². The Balaban J connectivity index is 1.36. The number of nitrogens with zero attached hydrogens (tertiary/aromatic N) is 4. The molecule has 0 saturated heterocycles. The average Bonchev–Trinajstić information content (AvgIpc) is 3.50. The van der Waals surface area contributed by atoms with Gasteiger partial charge in [0.2, 0.25) is 0 Å². The van der Waals surface area contributed by atoms with E-state index in [-0.39, 0.29) is 5.78 Å². The molecule has 7 heteroatoms. The Kier molecular flexibility index (Phi) is 4.78. The number of rotatable bonds is 6. The number of Topliss-reactive ketones (excluding diaryl/α,β-unsaturated/α-hetero) is 1. The van der Waals surface area contributed by atoms with Crippen LogP contribution >= 0.6 is 0 Å². The number of allylic oxidation sites excluding steroid dienone is 1. The van der Waals surface area contributed by atoms with Gasteiger partial charge < -0.3 is 9.51 Å². The molecule has 7 nitrogen and oxygen atoms in total. The van der Waals surface area contributed by atoms with E-state index in [0.717, 1.165) is 39.1 Å². The molecule has 0 saturated carbocycles. The zero-order valence-electron chi connectivity index (χ0n) is 17.3. The van der Waals surface area contributed by atoms with Gasteiger partial charge in [0.1, 0.15) is 5.69 Å². The van der Waals surface area contributed by atoms with Crippen LogP contribution in [0.3, 0.4) is 0 Å². The summed E-state index contributed by atoms with van der Waals surface area (Å²) < 4.78 is 5.26. The van der Waals surface area contributed by atoms with E-state index >= 15 is 0 Å². The van der Waals surface area contributed by atoms with Gasteiger partial charge in [-0.15, -0.1) is 0 Å². The summed E-state index contributed by atoms with van der Waals surface area (Å²) in [6, 6.07) is 13.8. The van der Waals surface area contributed by atoms with Crippen molar-refractivity contribution < 1.29 is 9.32 Å². The Morgan fingerprint density at radius 1 is 1.16 bits per heavy atom. The molecule has 4 heterocycles. The number of aryl methyl sites for hydroxylation is 2. The minimum Gasteiger partial charge on any atom is -0.351 e. The fraction of sp³-hybridized carbons (Fsp3) is 0.208. The van der Waals surface area contributed by atoms with Gasteiger partial charge in [-0.3, -0.25) is 9.78 Å². The molecule has 0 unspecified atom stereocenters. The molecular weight excluding hydrogens is 390 g/mol. The molecule has 31 heavy (non-hydrogen) atoms. The minimum atomic E-state index is 0.0803. The number of carbonyl (C=O) groups is 1. The molecule has 0 spiro atoms. The maximum Gasteiger partial charge on any atom is 0.274 e. The van der Waals surface area contributed by atoms with Crippen LogP contribution in [0.4, 0.5) is 0 Å². The third kappa shape index (κ3) is 3.82. The lowest BCUT2D eigenvalue weighted by molar-refractivity contribution is -0.113. The zero-order valence-corrected chi connectivity index (χ0v) is 17.3. The van der Waals surface area contributed by atoms with E-state index in [1.165, 1.54) is 0 Å². The molecule has 1 aliphatic rings. The Morgan fingerprint density at radius 3 is 2.84 bits per heavy atom. The summed E-state index contributed by atoms with van der Waals surface area (Å²) in [6.07, 6.45) is 3.38. The Hall–Kier alpha value is -3.87. The fourth-order valence-electron chi connectivity index (χ4n) is 3.81. The summed E-state index contributed by atoms with van der Waals surface area (Å²) in [7, 11) is 0. The highest BCUT2D eigenvalue weighted by Crippen LogP contribution is 2.32. The number of ketones is 1. The van der Waals surface area contributed by atoms with Crippen LogP contribution < -0.4 is 0 Å². The summed E-state index contributed by atoms with van der Waals surface area (Å²) in [6.45, 7) is 3.82. The van der Waals surface area contributed by atoms with Gasteiger partial charge in [-0.2, -0.15) is 4.98 Å². The van der Waals surface area contributed by atoms with Gasteiger partial charge in [0.05, 0.1) is 11.4 Å². The number of aromatic amines is 1. The summed E-state index contributed by atoms with van der Waals surface area (Å²) in [5, 5.41) is 4.87. The van der Waals surface area contributed by atoms with E-state index in [1.807, 2.05) is 43.3 Å². The molecule has 0 amide bonds. The highest BCUT2D eigenvalue weighted by atomic mass is 16.5. The zero-order chi connectivity index (χ0) is 21.4. The van der Waals surface area contributed by atoms with E-state index in [2.05, 4.69) is 26.2 Å². The first-order valence-electron chi connectivity index (χ1n) is 10.2. The molecule has 0 radical (unpaired) electrons. The van der Waals surface area contributed by atoms with Crippen molar-refractivity contribution in [1.82, 2.24) is 20.1 Å². The lowest BCUT2D eigenvalue weighted by atomic mass is 10.0. The van der Waals surface area contributed by atoms with Crippen LogP contribution in [-0.2, 0) is 11.2 Å². The number of hydrogen-bond donors (Lipinski definition) is 1. The van der Waals surface area contributed by atoms with Crippen molar-refractivity contribution in [3.63, 3.8) is 0 Å². The van der Waals surface area contributed by atoms with Crippen LogP contribution in [-0.4, -0.2) is 31.6 Å². The second kappa shape index (κ2) is 7.75. The topological polar surface area (TPSA) is 97.0 Å². The lowest BCUT2D eigenvalue weighted by Gasteiger charge is -2.02. The predicted molar refractivity (Wildman–Crippen MR) is 119 cm³/mol. The Bertz CT molecular complexity index is 1340. The van der Waals surface area contributed by atoms with Crippen molar-refractivity contribution in [3.8, 4) is 11.6 Å². The van der Waals surface area contributed by atoms with Crippen molar-refractivity contribution in [3.05, 3.63) is 71.3 Å². The Labute approximate surface area is 178 Å². The van der Waals surface area contributed by atoms with Gasteiger partial charge >= 0.3 is 0 Å². The van der Waals surface area contributed by atoms with Crippen molar-refractivity contribution in [2.75, 3.05) is 0 Å². The smallest absolute Gasteiger partial charge is 0.274 e. The van der Waals surface area contributed by atoms with Crippen LogP contribution in [0.25, 0.3) is 28.2 Å². The van der Waals surface area contributed by atoms with Gasteiger partial charge in [-0.1, -0.05) is 17.3 Å². The first kappa shape index (κ1) is 19.1. The first-order chi connectivity index (χ1) is 15.1. The SMILES string of the molecule is CC1=C(c2ccc3[nH]c(-c4nc(C)no4)cc3c2)N=C(C(=O)CCc2ccccn2)C1. The third-order valence-electron chi connectivity index (χ3n) is 5.39. The molecule has 0 aliphatic carbocycles. The summed E-state index contributed by atoms with van der Waals surface area (Å²) in [4.78, 5) is 29.3. The largest absolute Gasteiger partial charge is 0.351 e. The monoisotopic (exact) mass is 411 g/mol. The molecule has 5 rings (SSSR count). The molecule has 0 atom stereocenters. The van der Waals surface area contributed by atoms with Gasteiger partial charge in [0.25, 0.3) is 5.89 Å². The summed E-state index contributed by atoms with van der Waals surface area (Å²) in [5.41, 5.74) is 6.26. The first-order valence-corrected chi connectivity index (χ1v) is 10.2. The number of benzene rings is 1. The molecule has 4 aromatic rings. The number of pyridine rings is 1. The van der Waals surface area contributed by atoms with Crippen LogP contribution in [0.15, 0.2) is 63.8 Å². The second-order valence-electron chi connectivity index (χ2n) is 7.74. The summed E-state index contributed by atoms with van der Waals surface area (Å²) in [5.74, 6) is 1.14. The van der Waals surface area contributed by atoms with Gasteiger partial charge in [0.15, 0.2) is 11.6 Å². The molecule has 154 valence electrons. The van der Waals surface area contributed by atoms with Crippen LogP contribution in [0.1, 0.15) is 36.8 Å². The average molecular weight is 411 g/mol. The van der Waals surface area contributed by atoms with Crippen molar-refractivity contribution in [2.24, 2.45) is 4.99 Å². The quantitative estimate of drug-likeness (QED) is 0.496. The molecule has 1 N–H and O–H groups in total. The van der Waals surface area contributed by atoms with Crippen molar-refractivity contribution in [1.29, 1.82) is 0 Å². The van der Waals surface area contributed by atoms with Gasteiger partial charge in [-0.05, 0) is 56.2 Å². The molecule has 1 aliphatic heterocycles.